The highest BCUT2D eigenvalue weighted by Crippen LogP contribution is 2.42. The summed E-state index contributed by atoms with van der Waals surface area (Å²) in [7, 11) is -1.94. The molecule has 0 saturated heterocycles. The molecule has 0 spiro atoms. The number of rotatable bonds is 3. The Balaban J connectivity index is 2.03. The van der Waals surface area contributed by atoms with Gasteiger partial charge in [0.05, 0.1) is 17.5 Å². The van der Waals surface area contributed by atoms with Gasteiger partial charge in [-0.2, -0.15) is 0 Å². The average molecular weight is 445 g/mol. The Morgan fingerprint density at radius 1 is 1.19 bits per heavy atom. The molecule has 4 rings (SSSR count). The minimum Gasteiger partial charge on any atom is -0.455 e. The van der Waals surface area contributed by atoms with Crippen LogP contribution in [0.1, 0.15) is 48.0 Å². The van der Waals surface area contributed by atoms with Gasteiger partial charge in [0, 0.05) is 30.6 Å². The van der Waals surface area contributed by atoms with E-state index >= 15 is 0 Å². The number of anilines is 1. The maximum atomic E-state index is 13.4. The van der Waals surface area contributed by atoms with Gasteiger partial charge >= 0.3 is 0 Å². The molecule has 164 valence electrons. The van der Waals surface area contributed by atoms with Crippen LogP contribution in [0.15, 0.2) is 40.8 Å². The molecule has 2 aromatic carbocycles. The highest BCUT2D eigenvalue weighted by atomic mass is 32.2. The van der Waals surface area contributed by atoms with Crippen LogP contribution in [0.4, 0.5) is 10.1 Å². The molecule has 2 heterocycles. The molecule has 0 bridgehead atoms. The molecule has 0 saturated carbocycles. The SMILES string of the molecule is CNC(=O)c1c(-c2ccc(F)cc2)oc2cc3c(cc12)C(C)CCCCN3S(C)(=O)=O. The van der Waals surface area contributed by atoms with E-state index in [1.54, 1.807) is 18.2 Å². The first-order chi connectivity index (χ1) is 14.7. The highest BCUT2D eigenvalue weighted by molar-refractivity contribution is 7.92. The van der Waals surface area contributed by atoms with Crippen molar-refractivity contribution >= 4 is 32.6 Å². The number of carbonyl (C=O) groups excluding carboxylic acids is 1. The van der Waals surface area contributed by atoms with Crippen LogP contribution in [0.25, 0.3) is 22.3 Å². The van der Waals surface area contributed by atoms with Crippen LogP contribution < -0.4 is 9.62 Å². The number of nitrogens with zero attached hydrogens (tertiary/aromatic N) is 1. The number of nitrogens with one attached hydrogen (secondary N) is 1. The molecule has 31 heavy (non-hydrogen) atoms. The van der Waals surface area contributed by atoms with Gasteiger partial charge < -0.3 is 9.73 Å². The Hall–Kier alpha value is -2.87. The third-order valence-corrected chi connectivity index (χ3v) is 7.03. The molecular formula is C23H25FN2O4S. The molecule has 0 fully saturated rings. The number of hydrogen-bond acceptors (Lipinski definition) is 4. The standard InChI is InChI=1S/C23H25FN2O4S/c1-14-6-4-5-11-26(31(3,28)29)19-13-20-18(12-17(14)19)21(23(27)25-2)22(30-20)15-7-9-16(24)10-8-15/h7-10,12-14H,4-6,11H2,1-3H3,(H,25,27). The minimum atomic E-state index is -3.48. The second-order valence-electron chi connectivity index (χ2n) is 8.03. The number of benzene rings is 2. The smallest absolute Gasteiger partial charge is 0.255 e. The molecule has 1 aromatic heterocycles. The van der Waals surface area contributed by atoms with E-state index in [9.17, 15) is 17.6 Å². The van der Waals surface area contributed by atoms with Gasteiger partial charge in [-0.05, 0) is 54.7 Å². The van der Waals surface area contributed by atoms with Gasteiger partial charge in [-0.25, -0.2) is 12.8 Å². The molecule has 1 aliphatic heterocycles. The largest absolute Gasteiger partial charge is 0.455 e. The van der Waals surface area contributed by atoms with E-state index in [2.05, 4.69) is 12.2 Å². The van der Waals surface area contributed by atoms with Crippen molar-refractivity contribution in [3.63, 3.8) is 0 Å². The lowest BCUT2D eigenvalue weighted by Gasteiger charge is -2.29. The van der Waals surface area contributed by atoms with Crippen molar-refractivity contribution < 1.29 is 22.0 Å². The van der Waals surface area contributed by atoms with Crippen LogP contribution in [0.2, 0.25) is 0 Å². The Kier molecular flexibility index (Phi) is 5.51. The van der Waals surface area contributed by atoms with Crippen LogP contribution in [-0.2, 0) is 10.0 Å². The number of fused-ring (bicyclic) bond motifs is 2. The zero-order chi connectivity index (χ0) is 22.3. The first kappa shape index (κ1) is 21.4. The summed E-state index contributed by atoms with van der Waals surface area (Å²) in [6, 6.07) is 9.32. The van der Waals surface area contributed by atoms with Crippen molar-refractivity contribution in [2.75, 3.05) is 24.2 Å². The van der Waals surface area contributed by atoms with Crippen molar-refractivity contribution in [2.45, 2.75) is 32.1 Å². The second-order valence-corrected chi connectivity index (χ2v) is 9.94. The molecule has 1 amide bonds. The monoisotopic (exact) mass is 444 g/mol. The molecule has 1 N–H and O–H groups in total. The molecule has 6 nitrogen and oxygen atoms in total. The summed E-state index contributed by atoms with van der Waals surface area (Å²) in [6.45, 7) is 2.47. The predicted molar refractivity (Wildman–Crippen MR) is 119 cm³/mol. The Morgan fingerprint density at radius 3 is 2.55 bits per heavy atom. The van der Waals surface area contributed by atoms with Gasteiger partial charge in [0.25, 0.3) is 5.91 Å². The maximum absolute atomic E-state index is 13.4. The normalized spacial score (nSPS) is 17.2. The van der Waals surface area contributed by atoms with E-state index in [0.29, 0.717) is 40.1 Å². The number of amides is 1. The van der Waals surface area contributed by atoms with Crippen LogP contribution in [0, 0.1) is 5.82 Å². The van der Waals surface area contributed by atoms with Gasteiger partial charge in [-0.3, -0.25) is 9.10 Å². The fourth-order valence-corrected chi connectivity index (χ4v) is 5.22. The summed E-state index contributed by atoms with van der Waals surface area (Å²) in [6.07, 6.45) is 3.82. The number of sulfonamides is 1. The van der Waals surface area contributed by atoms with Crippen LogP contribution >= 0.6 is 0 Å². The number of carbonyl (C=O) groups is 1. The minimum absolute atomic E-state index is 0.116. The number of halogens is 1. The Morgan fingerprint density at radius 2 is 1.90 bits per heavy atom. The van der Waals surface area contributed by atoms with Gasteiger partial charge in [0.1, 0.15) is 17.2 Å². The van der Waals surface area contributed by atoms with E-state index < -0.39 is 10.0 Å². The summed E-state index contributed by atoms with van der Waals surface area (Å²) >= 11 is 0. The maximum Gasteiger partial charge on any atom is 0.255 e. The first-order valence-corrected chi connectivity index (χ1v) is 12.1. The molecular weight excluding hydrogens is 419 g/mol. The molecule has 8 heteroatoms. The second kappa shape index (κ2) is 8.00. The first-order valence-electron chi connectivity index (χ1n) is 10.3. The number of hydrogen-bond donors (Lipinski definition) is 1. The molecule has 1 unspecified atom stereocenters. The topological polar surface area (TPSA) is 79.6 Å². The van der Waals surface area contributed by atoms with Crippen LogP contribution in [-0.4, -0.2) is 34.2 Å². The van der Waals surface area contributed by atoms with Crippen LogP contribution in [0.3, 0.4) is 0 Å². The van der Waals surface area contributed by atoms with E-state index in [0.717, 1.165) is 24.8 Å². The van der Waals surface area contributed by atoms with E-state index in [1.807, 2.05) is 6.07 Å². The van der Waals surface area contributed by atoms with E-state index in [-0.39, 0.29) is 17.6 Å². The fourth-order valence-electron chi connectivity index (χ4n) is 4.24. The van der Waals surface area contributed by atoms with Gasteiger partial charge in [-0.1, -0.05) is 13.3 Å². The summed E-state index contributed by atoms with van der Waals surface area (Å²) < 4.78 is 46.0. The predicted octanol–water partition coefficient (Wildman–Crippen LogP) is 4.65. The van der Waals surface area contributed by atoms with Crippen molar-refractivity contribution in [1.82, 2.24) is 5.32 Å². The lowest BCUT2D eigenvalue weighted by Crippen LogP contribution is -2.32. The zero-order valence-corrected chi connectivity index (χ0v) is 18.6. The van der Waals surface area contributed by atoms with Crippen molar-refractivity contribution in [3.8, 4) is 11.3 Å². The molecule has 3 aromatic rings. The lowest BCUT2D eigenvalue weighted by molar-refractivity contribution is 0.0964. The molecule has 0 radical (unpaired) electrons. The van der Waals surface area contributed by atoms with Gasteiger partial charge in [0.2, 0.25) is 10.0 Å². The summed E-state index contributed by atoms with van der Waals surface area (Å²) in [5.74, 6) is -0.269. The number of furan rings is 1. The van der Waals surface area contributed by atoms with Crippen LogP contribution in [0.5, 0.6) is 0 Å². The average Bonchev–Trinajstić information content (AvgIpc) is 3.08. The Labute approximate surface area is 181 Å². The molecule has 1 atom stereocenters. The van der Waals surface area contributed by atoms with Crippen molar-refractivity contribution in [1.29, 1.82) is 0 Å². The zero-order valence-electron chi connectivity index (χ0n) is 17.7. The van der Waals surface area contributed by atoms with Crippen molar-refractivity contribution in [3.05, 3.63) is 53.3 Å². The summed E-state index contributed by atoms with van der Waals surface area (Å²) in [5, 5.41) is 3.26. The molecule has 1 aliphatic rings. The molecule has 0 aliphatic carbocycles. The summed E-state index contributed by atoms with van der Waals surface area (Å²) in [4.78, 5) is 12.8. The Bertz CT molecular complexity index is 1250. The third-order valence-electron chi connectivity index (χ3n) is 5.85. The summed E-state index contributed by atoms with van der Waals surface area (Å²) in [5.41, 5.74) is 2.79. The third kappa shape index (κ3) is 3.92. The quantitative estimate of drug-likeness (QED) is 0.638. The fraction of sp³-hybridized carbons (Fsp3) is 0.348. The van der Waals surface area contributed by atoms with Crippen molar-refractivity contribution in [2.24, 2.45) is 0 Å². The van der Waals surface area contributed by atoms with E-state index in [4.69, 9.17) is 4.42 Å². The highest BCUT2D eigenvalue weighted by Gasteiger charge is 2.29. The van der Waals surface area contributed by atoms with E-state index in [1.165, 1.54) is 29.7 Å². The van der Waals surface area contributed by atoms with Gasteiger partial charge in [0.15, 0.2) is 0 Å². The van der Waals surface area contributed by atoms with Gasteiger partial charge in [-0.15, -0.1) is 0 Å². The lowest BCUT2D eigenvalue weighted by atomic mass is 9.90.